The van der Waals surface area contributed by atoms with E-state index in [4.69, 9.17) is 117 Å². The number of alkyl carbamates (subject to hydrolysis) is 1. The van der Waals surface area contributed by atoms with Gasteiger partial charge in [0.25, 0.3) is 0 Å². The first-order valence-electron chi connectivity index (χ1n) is 41.1. The van der Waals surface area contributed by atoms with Crippen LogP contribution in [-0.2, 0) is 217 Å². The average Bonchev–Trinajstić information content (AvgIpc) is 0.794. The molecule has 7 saturated heterocycles. The number of urea groups is 1. The standard InChI is InChI=1S/C70H113N5O54S7/c1-102-47-44(113-29-28-112-27-26-111-25-24-110-23-22-72-61(77)36(74-70(83)114-30-35-16-10-9-11-17-35)18-14-15-21-71-42(76)20-13-12-19-41-43-37(34-130-41)73-69(82)75-43)38(31-115-131(84,85)86)119-65(56(47)106-5)123-51-49(104-3)58(108-7)67(126-54(51)62(78)79)122-46-40(33-117-133(90,91)92)120-68(60(129-136(99,100)101)53(46)127-134(93,94)95)124-52-50(105-4)57(107-6)66(125-55(52)63(80)81)121-45-39(32-116-132(87,88)89)118-64(109-8)59(48(45)103-2)128-135(96,97)98/h9-11,16-17,36-41,43-60,64-68H,12-15,18-34H2,1-8H3,(H,71,76)(H,72,77)(H,74,83)(H,78,79)(H,80,81)(H2,73,75,82)(H,84,85,86)(H,87,88,89)(H,90,91,92)(H,93,94,95)(H,96,97,98)(H,99,100,101)/t36-,37-,38+,39+,40+,41-,43-,44+,45+,46+,47-,48-,49-,50-,51-,52-,53-,54-,55+,56+,57+,58+,59+,60+,64-,65+,66+,67+,68+/m0/s1/i14+1,15+1,18+1,21+1,36+1,61+1,71+1,74+1. The van der Waals surface area contributed by atoms with Crippen molar-refractivity contribution in [1.29, 1.82) is 0 Å². The summed E-state index contributed by atoms with van der Waals surface area (Å²) in [5.41, 5.74) is 0.722. The first-order chi connectivity index (χ1) is 64.1. The third-order valence-electron chi connectivity index (χ3n) is 21.4. The van der Waals surface area contributed by atoms with Gasteiger partial charge >= 0.3 is 86.5 Å². The Morgan fingerprint density at radius 3 is 1.33 bits per heavy atom. The summed E-state index contributed by atoms with van der Waals surface area (Å²) in [6.07, 6.45) is -53.0. The number of nitrogens with one attached hydrogen (secondary N) is 5. The van der Waals surface area contributed by atoms with E-state index in [0.717, 1.165) is 81.0 Å². The smallest absolute Gasteiger partial charge is 0.408 e. The Labute approximate surface area is 784 Å². The van der Waals surface area contributed by atoms with E-state index in [1.165, 1.54) is 0 Å². The van der Waals surface area contributed by atoms with Gasteiger partial charge in [-0.3, -0.25) is 36.9 Å². The van der Waals surface area contributed by atoms with Gasteiger partial charge in [-0.1, -0.05) is 36.8 Å². The number of hydrogen-bond acceptors (Lipinski definition) is 47. The van der Waals surface area contributed by atoms with Gasteiger partial charge in [-0.25, -0.2) is 44.3 Å². The van der Waals surface area contributed by atoms with Crippen molar-refractivity contribution < 1.29 is 246 Å². The Morgan fingerprint density at radius 1 is 0.441 bits per heavy atom. The summed E-state index contributed by atoms with van der Waals surface area (Å²) >= 11 is 1.81. The van der Waals surface area contributed by atoms with Crippen molar-refractivity contribution >= 4 is 110 Å². The second-order valence-corrected chi connectivity index (χ2v) is 37.9. The van der Waals surface area contributed by atoms with E-state index < -0.39 is 266 Å². The molecule has 136 heavy (non-hydrogen) atoms. The number of thioether (sulfide) groups is 1. The lowest BCUT2D eigenvalue weighted by atomic mass is 9.94. The number of amides is 5. The maximum atomic E-state index is 13.6. The number of hydrogen-bond donors (Lipinski definition) is 13. The fraction of sp³-hybridized carbons (Fsp3) is 0.829. The molecule has 0 unspecified atom stereocenters. The van der Waals surface area contributed by atoms with Crippen LogP contribution in [0, 0.1) is 0 Å². The highest BCUT2D eigenvalue weighted by molar-refractivity contribution is 8.00. The molecule has 66 heteroatoms. The third-order valence-corrected chi connectivity index (χ3v) is 25.6. The van der Waals surface area contributed by atoms with Crippen LogP contribution in [0.2, 0.25) is 0 Å². The molecular weight excluding hydrogens is 2010 g/mol. The van der Waals surface area contributed by atoms with Gasteiger partial charge in [-0.2, -0.15) is 62.3 Å². The maximum Gasteiger partial charge on any atom is 0.408 e. The molecule has 0 aliphatic carbocycles. The highest BCUT2D eigenvalue weighted by atomic mass is 32.3. The van der Waals surface area contributed by atoms with E-state index in [-0.39, 0.29) is 95.1 Å². The maximum absolute atomic E-state index is 13.6. The Hall–Kier alpha value is -5.63. The van der Waals surface area contributed by atoms with Gasteiger partial charge in [0.2, 0.25) is 11.8 Å². The number of benzene rings is 1. The molecule has 1 aromatic carbocycles. The molecule has 0 spiro atoms. The fourth-order valence-corrected chi connectivity index (χ4v) is 19.5. The van der Waals surface area contributed by atoms with Gasteiger partial charge in [0.1, 0.15) is 110 Å². The van der Waals surface area contributed by atoms with Crippen molar-refractivity contribution in [3.8, 4) is 0 Å². The SMILES string of the molecule is CO[C@H]1O[C@H](COS(=O)(=O)O)[C@@H](O[C@@H]2O[C@@H](C(=O)O)[C@@H](O[C@H]3O[C@H](COS(=O)(=O)O)[C@@H](O[C@@H]4O[C@H](C(=O)O)[C@@H](O[C@H]5O[C@H](COS(=O)(=O)O)[C@@H](OCCOCCOCCOCCN[13C](=O)[13C@H]([13CH2][13CH2][13CH2][13CH2][15NH]C(=O)CCCC[C@@H]6SC[C@@H]7NC(=O)N[C@@H]76)[15NH]C(=O)OCc6ccccc6)[C@H](OC)[C@H]5OC)[C@H](OC)[C@H]4OC)[C@H](OS(=O)(=O)O)[C@H]3OS(=O)(=O)O)[C@H](OC)[C@H]2OC)[C@H](OC)[C@H]1OS(=O)(=O)O. The molecule has 5 amide bonds. The van der Waals surface area contributed by atoms with Crippen LogP contribution < -0.4 is 26.6 Å². The predicted octanol–water partition coefficient (Wildman–Crippen LogP) is -5.05. The Kier molecular flexibility index (Phi) is 46.1. The number of methoxy groups -OCH3 is 8. The zero-order chi connectivity index (χ0) is 100. The lowest BCUT2D eigenvalue weighted by Crippen LogP contribution is -2.70. The summed E-state index contributed by atoms with van der Waals surface area (Å²) < 4.78 is 363. The fourth-order valence-electron chi connectivity index (χ4n) is 15.5. The lowest BCUT2D eigenvalue weighted by Gasteiger charge is -2.51. The van der Waals surface area contributed by atoms with Crippen LogP contribution in [0.15, 0.2) is 30.3 Å². The van der Waals surface area contributed by atoms with Gasteiger partial charge < -0.3 is 141 Å². The molecule has 7 heterocycles. The van der Waals surface area contributed by atoms with Gasteiger partial charge in [-0.05, 0) is 37.7 Å². The van der Waals surface area contributed by atoms with E-state index in [9.17, 15) is 117 Å². The number of carboxylic acid groups (broad SMARTS) is 2. The van der Waals surface area contributed by atoms with Crippen LogP contribution >= 0.6 is 11.8 Å². The van der Waals surface area contributed by atoms with Gasteiger partial charge in [0.05, 0.1) is 78.2 Å². The molecular formula is C70H113N5O54S7. The Morgan fingerprint density at radius 2 is 0.860 bits per heavy atom. The number of fused-ring (bicyclic) bond motifs is 1. The second-order valence-electron chi connectivity index (χ2n) is 30.2. The van der Waals surface area contributed by atoms with E-state index in [2.05, 4.69) is 39.1 Å². The molecule has 8 rings (SSSR count). The number of ether oxygens (including phenoxy) is 22. The van der Waals surface area contributed by atoms with Crippen molar-refractivity contribution in [1.82, 2.24) is 26.6 Å². The van der Waals surface area contributed by atoms with Crippen LogP contribution in [0.3, 0.4) is 0 Å². The number of carbonyl (C=O) groups is 6. The normalized spacial score (nSPS) is 32.1. The number of carboxylic acids is 2. The third kappa shape index (κ3) is 36.0. The molecule has 1 aromatic rings. The zero-order valence-electron chi connectivity index (χ0n) is 73.7. The van der Waals surface area contributed by atoms with Crippen LogP contribution in [0.1, 0.15) is 50.5 Å². The van der Waals surface area contributed by atoms with E-state index in [0.29, 0.717) is 32.2 Å². The zero-order valence-corrected chi connectivity index (χ0v) is 79.4. The molecule has 7 aliphatic heterocycles. The molecule has 0 saturated carbocycles. The van der Waals surface area contributed by atoms with Gasteiger partial charge in [-0.15, -0.1) is 0 Å². The highest BCUT2D eigenvalue weighted by Gasteiger charge is 2.63. The monoisotopic (exact) mass is 2120 g/mol. The second kappa shape index (κ2) is 54.2. The minimum atomic E-state index is -6.21. The largest absolute Gasteiger partial charge is 0.479 e. The molecule has 29 atom stereocenters. The van der Waals surface area contributed by atoms with Crippen molar-refractivity contribution in [3.63, 3.8) is 0 Å². The summed E-state index contributed by atoms with van der Waals surface area (Å²) in [4.78, 5) is 77.8. The first-order valence-corrected chi connectivity index (χ1v) is 50.3. The van der Waals surface area contributed by atoms with Crippen molar-refractivity contribution in [3.05, 3.63) is 35.9 Å². The lowest BCUT2D eigenvalue weighted by molar-refractivity contribution is -0.389. The molecule has 13 N–H and O–H groups in total. The molecule has 784 valence electrons. The molecule has 7 fully saturated rings. The first kappa shape index (κ1) is 116. The van der Waals surface area contributed by atoms with Crippen molar-refractivity contribution in [2.24, 2.45) is 0 Å². The van der Waals surface area contributed by atoms with E-state index >= 15 is 0 Å². The number of carbonyl (C=O) groups excluding carboxylic acids is 4. The van der Waals surface area contributed by atoms with Crippen molar-refractivity contribution in [2.75, 3.05) is 142 Å². The molecule has 0 radical (unpaired) electrons. The molecule has 0 aromatic heterocycles. The van der Waals surface area contributed by atoms with Crippen molar-refractivity contribution in [2.45, 2.75) is 228 Å². The van der Waals surface area contributed by atoms with Crippen LogP contribution in [0.5, 0.6) is 0 Å². The summed E-state index contributed by atoms with van der Waals surface area (Å²) in [7, 11) is -27.0. The quantitative estimate of drug-likeness (QED) is 0.00954. The average molecular weight is 2120 g/mol. The van der Waals surface area contributed by atoms with Gasteiger partial charge in [0, 0.05) is 87.4 Å². The predicted molar refractivity (Wildman–Crippen MR) is 442 cm³/mol. The van der Waals surface area contributed by atoms with Crippen LogP contribution in [0.25, 0.3) is 0 Å². The number of rotatable bonds is 60. The summed E-state index contributed by atoms with van der Waals surface area (Å²) in [5, 5.41) is 36.3. The van der Waals surface area contributed by atoms with E-state index in [1.807, 2.05) is 0 Å². The summed E-state index contributed by atoms with van der Waals surface area (Å²) in [6, 6.07) is 7.93. The summed E-state index contributed by atoms with van der Waals surface area (Å²) in [5.74, 6) is -3.97. The minimum Gasteiger partial charge on any atom is -0.479 e. The Balaban J connectivity index is 0.895. The van der Waals surface area contributed by atoms with Crippen LogP contribution in [-0.4, -0.2) is 443 Å². The minimum absolute atomic E-state index is 0.00410. The number of aliphatic carboxylic acids is 2. The molecule has 59 nitrogen and oxygen atoms in total. The van der Waals surface area contributed by atoms with Crippen LogP contribution in [0.4, 0.5) is 9.59 Å². The van der Waals surface area contributed by atoms with E-state index in [1.54, 1.807) is 42.1 Å². The van der Waals surface area contributed by atoms with Gasteiger partial charge in [0.15, 0.2) is 55.9 Å². The molecule has 0 bridgehead atoms. The Bertz CT molecular complexity index is 4670. The molecule has 7 aliphatic rings. The highest BCUT2D eigenvalue weighted by Crippen LogP contribution is 2.42. The number of unbranched alkanes of at least 4 members (excludes halogenated alkanes) is 2. The topological polar surface area (TPSA) is 788 Å². The summed E-state index contributed by atoms with van der Waals surface area (Å²) in [6.45, 7) is -4.29.